The van der Waals surface area contributed by atoms with E-state index < -0.39 is 0 Å². The van der Waals surface area contributed by atoms with Gasteiger partial charge < -0.3 is 9.88 Å². The number of fused-ring (bicyclic) bond motifs is 1. The monoisotopic (exact) mass is 458 g/mol. The second-order valence-electron chi connectivity index (χ2n) is 8.48. The number of amidine groups is 1. The Hall–Kier alpha value is -3.32. The number of nitrogens with zero attached hydrogens (tertiary/aromatic N) is 3. The standard InChI is InChI=1S/C26H26N4O2S/c1-29-25(32)23(33-26(29)28-20-9-3-2-4-10-20)15-18-16-30(22-14-8-7-13-21(18)22)17-24(31)27-19-11-5-6-12-19/h2-4,7-10,13-16,19H,5-6,11-12,17H2,1H3,(H,27,31). The van der Waals surface area contributed by atoms with E-state index in [2.05, 4.69) is 10.3 Å². The van der Waals surface area contributed by atoms with Crippen LogP contribution in [0.15, 0.2) is 70.7 Å². The quantitative estimate of drug-likeness (QED) is 0.551. The van der Waals surface area contributed by atoms with Crippen LogP contribution in [0.25, 0.3) is 17.0 Å². The van der Waals surface area contributed by atoms with Crippen LogP contribution in [0.2, 0.25) is 0 Å². The molecule has 1 saturated heterocycles. The van der Waals surface area contributed by atoms with E-state index in [4.69, 9.17) is 0 Å². The van der Waals surface area contributed by atoms with Gasteiger partial charge in [-0.05, 0) is 48.9 Å². The predicted octanol–water partition coefficient (Wildman–Crippen LogP) is 4.93. The van der Waals surface area contributed by atoms with Crippen LogP contribution in [0.1, 0.15) is 31.2 Å². The predicted molar refractivity (Wildman–Crippen MR) is 134 cm³/mol. The molecular weight excluding hydrogens is 432 g/mol. The minimum absolute atomic E-state index is 0.0326. The molecule has 2 aromatic carbocycles. The topological polar surface area (TPSA) is 66.7 Å². The Bertz CT molecular complexity index is 1260. The first-order valence-electron chi connectivity index (χ1n) is 11.3. The molecule has 0 radical (unpaired) electrons. The molecule has 1 aliphatic heterocycles. The second kappa shape index (κ2) is 9.27. The van der Waals surface area contributed by atoms with Gasteiger partial charge in [-0.2, -0.15) is 0 Å². The molecule has 33 heavy (non-hydrogen) atoms. The molecule has 2 amide bonds. The molecule has 1 saturated carbocycles. The number of thioether (sulfide) groups is 1. The van der Waals surface area contributed by atoms with Crippen molar-refractivity contribution < 1.29 is 9.59 Å². The highest BCUT2D eigenvalue weighted by molar-refractivity contribution is 8.18. The third-order valence-corrected chi connectivity index (χ3v) is 7.18. The number of aromatic nitrogens is 1. The Morgan fingerprint density at radius 3 is 2.64 bits per heavy atom. The molecule has 0 unspecified atom stereocenters. The molecular formula is C26H26N4O2S. The van der Waals surface area contributed by atoms with Gasteiger partial charge in [0.15, 0.2) is 5.17 Å². The van der Waals surface area contributed by atoms with Gasteiger partial charge in [-0.3, -0.25) is 14.5 Å². The normalized spacial score (nSPS) is 19.3. The first-order chi connectivity index (χ1) is 16.1. The molecule has 168 valence electrons. The Kier molecular flexibility index (Phi) is 6.05. The number of aliphatic imine (C=N–C) groups is 1. The van der Waals surface area contributed by atoms with Gasteiger partial charge in [-0.15, -0.1) is 0 Å². The number of carbonyl (C=O) groups excluding carboxylic acids is 2. The summed E-state index contributed by atoms with van der Waals surface area (Å²) in [5, 5.41) is 4.83. The van der Waals surface area contributed by atoms with Crippen molar-refractivity contribution in [3.63, 3.8) is 0 Å². The van der Waals surface area contributed by atoms with Gasteiger partial charge in [0.05, 0.1) is 10.6 Å². The van der Waals surface area contributed by atoms with Crippen molar-refractivity contribution in [2.24, 2.45) is 4.99 Å². The van der Waals surface area contributed by atoms with E-state index in [0.717, 1.165) is 35.0 Å². The van der Waals surface area contributed by atoms with E-state index in [1.54, 1.807) is 11.9 Å². The van der Waals surface area contributed by atoms with Crippen LogP contribution in [0.4, 0.5) is 5.69 Å². The summed E-state index contributed by atoms with van der Waals surface area (Å²) < 4.78 is 1.97. The number of likely N-dealkylation sites (N-methyl/N-ethyl adjacent to an activating group) is 1. The molecule has 1 N–H and O–H groups in total. The Morgan fingerprint density at radius 1 is 1.12 bits per heavy atom. The zero-order valence-electron chi connectivity index (χ0n) is 18.5. The van der Waals surface area contributed by atoms with Crippen molar-refractivity contribution in [1.29, 1.82) is 0 Å². The highest BCUT2D eigenvalue weighted by atomic mass is 32.2. The Labute approximate surface area is 197 Å². The molecule has 1 aromatic heterocycles. The number of nitrogens with one attached hydrogen (secondary N) is 1. The molecule has 7 heteroatoms. The molecule has 0 spiro atoms. The number of carbonyl (C=O) groups is 2. The van der Waals surface area contributed by atoms with Crippen LogP contribution < -0.4 is 5.32 Å². The second-order valence-corrected chi connectivity index (χ2v) is 9.49. The Balaban J connectivity index is 1.42. The first kappa shape index (κ1) is 21.5. The lowest BCUT2D eigenvalue weighted by molar-refractivity contribution is -0.122. The van der Waals surface area contributed by atoms with Gasteiger partial charge >= 0.3 is 0 Å². The number of hydrogen-bond donors (Lipinski definition) is 1. The van der Waals surface area contributed by atoms with Gasteiger partial charge in [0, 0.05) is 35.8 Å². The van der Waals surface area contributed by atoms with Crippen molar-refractivity contribution in [2.45, 2.75) is 38.3 Å². The fraction of sp³-hybridized carbons (Fsp3) is 0.269. The fourth-order valence-electron chi connectivity index (χ4n) is 4.43. The van der Waals surface area contributed by atoms with Crippen LogP contribution in [0.5, 0.6) is 0 Å². The van der Waals surface area contributed by atoms with Crippen LogP contribution >= 0.6 is 11.8 Å². The van der Waals surface area contributed by atoms with E-state index in [1.165, 1.54) is 24.6 Å². The molecule has 5 rings (SSSR count). The molecule has 0 bridgehead atoms. The van der Waals surface area contributed by atoms with Gasteiger partial charge in [0.25, 0.3) is 5.91 Å². The average molecular weight is 459 g/mol. The maximum Gasteiger partial charge on any atom is 0.266 e. The minimum atomic E-state index is -0.0783. The van der Waals surface area contributed by atoms with Crippen LogP contribution in [-0.4, -0.2) is 39.5 Å². The van der Waals surface area contributed by atoms with E-state index in [-0.39, 0.29) is 18.4 Å². The summed E-state index contributed by atoms with van der Waals surface area (Å²) in [6.45, 7) is 0.266. The number of benzene rings is 2. The number of para-hydroxylation sites is 2. The zero-order valence-corrected chi connectivity index (χ0v) is 19.3. The summed E-state index contributed by atoms with van der Waals surface area (Å²) >= 11 is 1.37. The third kappa shape index (κ3) is 4.59. The summed E-state index contributed by atoms with van der Waals surface area (Å²) in [7, 11) is 1.74. The summed E-state index contributed by atoms with van der Waals surface area (Å²) in [4.78, 5) is 32.4. The van der Waals surface area contributed by atoms with E-state index in [0.29, 0.717) is 16.1 Å². The van der Waals surface area contributed by atoms with Crippen molar-refractivity contribution in [3.8, 4) is 0 Å². The smallest absolute Gasteiger partial charge is 0.266 e. The summed E-state index contributed by atoms with van der Waals surface area (Å²) in [5.74, 6) is -0.0457. The summed E-state index contributed by atoms with van der Waals surface area (Å²) in [6, 6.07) is 17.9. The lowest BCUT2D eigenvalue weighted by Gasteiger charge is -2.12. The van der Waals surface area contributed by atoms with Crippen molar-refractivity contribution >= 4 is 51.4 Å². The van der Waals surface area contributed by atoms with Crippen LogP contribution in [0, 0.1) is 0 Å². The molecule has 3 aromatic rings. The van der Waals surface area contributed by atoms with Crippen molar-refractivity contribution in [1.82, 2.24) is 14.8 Å². The average Bonchev–Trinajstić information content (AvgIpc) is 3.52. The van der Waals surface area contributed by atoms with Crippen LogP contribution in [-0.2, 0) is 16.1 Å². The molecule has 6 nitrogen and oxygen atoms in total. The van der Waals surface area contributed by atoms with Gasteiger partial charge in [-0.25, -0.2) is 4.99 Å². The summed E-state index contributed by atoms with van der Waals surface area (Å²) in [5.41, 5.74) is 2.71. The molecule has 2 fully saturated rings. The molecule has 1 aliphatic carbocycles. The maximum atomic E-state index is 12.9. The number of hydrogen-bond acceptors (Lipinski definition) is 4. The van der Waals surface area contributed by atoms with Crippen molar-refractivity contribution in [2.75, 3.05) is 7.05 Å². The first-order valence-corrected chi connectivity index (χ1v) is 12.1. The van der Waals surface area contributed by atoms with E-state index >= 15 is 0 Å². The number of rotatable bonds is 5. The van der Waals surface area contributed by atoms with Crippen molar-refractivity contribution in [3.05, 3.63) is 71.3 Å². The molecule has 2 aliphatic rings. The highest BCUT2D eigenvalue weighted by Gasteiger charge is 2.30. The highest BCUT2D eigenvalue weighted by Crippen LogP contribution is 2.34. The largest absolute Gasteiger partial charge is 0.352 e. The SMILES string of the molecule is CN1C(=O)C(=Cc2cn(CC(=O)NC3CCCC3)c3ccccc23)SC1=Nc1ccccc1. The molecule has 0 atom stereocenters. The minimum Gasteiger partial charge on any atom is -0.352 e. The van der Waals surface area contributed by atoms with E-state index in [1.807, 2.05) is 71.4 Å². The lowest BCUT2D eigenvalue weighted by atomic mass is 10.1. The third-order valence-electron chi connectivity index (χ3n) is 6.12. The maximum absolute atomic E-state index is 12.9. The van der Waals surface area contributed by atoms with Crippen LogP contribution in [0.3, 0.4) is 0 Å². The van der Waals surface area contributed by atoms with Gasteiger partial charge in [0.1, 0.15) is 6.54 Å². The van der Waals surface area contributed by atoms with Gasteiger partial charge in [0.2, 0.25) is 5.91 Å². The summed E-state index contributed by atoms with van der Waals surface area (Å²) in [6.07, 6.45) is 8.37. The van der Waals surface area contributed by atoms with Gasteiger partial charge in [-0.1, -0.05) is 49.2 Å². The Morgan fingerprint density at radius 2 is 1.85 bits per heavy atom. The lowest BCUT2D eigenvalue weighted by Crippen LogP contribution is -2.35. The van der Waals surface area contributed by atoms with E-state index in [9.17, 15) is 9.59 Å². The molecule has 2 heterocycles. The zero-order chi connectivity index (χ0) is 22.8. The fourth-order valence-corrected chi connectivity index (χ4v) is 5.40. The number of amides is 2.